The highest BCUT2D eigenvalue weighted by atomic mass is 16.5. The number of hydrogen-bond acceptors (Lipinski definition) is 3. The molecule has 0 aliphatic rings. The molecule has 28 heavy (non-hydrogen) atoms. The van der Waals surface area contributed by atoms with Crippen LogP contribution in [-0.2, 0) is 11.4 Å². The Balaban J connectivity index is 1.54. The molecule has 3 rings (SSSR count). The van der Waals surface area contributed by atoms with Crippen LogP contribution in [0.4, 0.5) is 11.4 Å². The van der Waals surface area contributed by atoms with Gasteiger partial charge < -0.3 is 15.4 Å². The van der Waals surface area contributed by atoms with Gasteiger partial charge in [0, 0.05) is 23.4 Å². The van der Waals surface area contributed by atoms with Crippen LogP contribution in [0.5, 0.6) is 5.75 Å². The molecule has 0 fully saturated rings. The molecule has 0 spiro atoms. The molecule has 0 atom stereocenters. The van der Waals surface area contributed by atoms with E-state index in [4.69, 9.17) is 4.74 Å². The van der Waals surface area contributed by atoms with Crippen molar-refractivity contribution in [3.63, 3.8) is 0 Å². The minimum absolute atomic E-state index is 0.0632. The van der Waals surface area contributed by atoms with Gasteiger partial charge in [-0.05, 0) is 54.1 Å². The van der Waals surface area contributed by atoms with Crippen molar-refractivity contribution in [2.24, 2.45) is 0 Å². The number of anilines is 2. The van der Waals surface area contributed by atoms with Gasteiger partial charge in [-0.3, -0.25) is 9.59 Å². The van der Waals surface area contributed by atoms with Gasteiger partial charge in [0.2, 0.25) is 5.91 Å². The van der Waals surface area contributed by atoms with E-state index in [1.54, 1.807) is 43.3 Å². The molecule has 0 aromatic heterocycles. The second-order valence-electron chi connectivity index (χ2n) is 6.23. The van der Waals surface area contributed by atoms with Gasteiger partial charge in [0.15, 0.2) is 0 Å². The third-order valence-corrected chi connectivity index (χ3v) is 4.11. The third kappa shape index (κ3) is 5.45. The molecule has 0 aliphatic carbocycles. The zero-order valence-corrected chi connectivity index (χ0v) is 15.6. The Kier molecular flexibility index (Phi) is 6.41. The zero-order chi connectivity index (χ0) is 19.8. The standard InChI is InChI=1S/C23H22N2O3/c1-2-22(26)24-19-10-8-18(9-11-19)23(27)25-20-12-14-21(15-13-20)28-16-17-6-4-3-5-7-17/h3-15H,2,16H2,1H3,(H,24,26)(H,25,27). The lowest BCUT2D eigenvalue weighted by atomic mass is 10.2. The zero-order valence-electron chi connectivity index (χ0n) is 15.6. The van der Waals surface area contributed by atoms with Gasteiger partial charge in [0.25, 0.3) is 5.91 Å². The Labute approximate surface area is 164 Å². The molecule has 5 nitrogen and oxygen atoms in total. The summed E-state index contributed by atoms with van der Waals surface area (Å²) in [5.74, 6) is 0.455. The van der Waals surface area contributed by atoms with Gasteiger partial charge in [0.05, 0.1) is 0 Å². The van der Waals surface area contributed by atoms with Crippen LogP contribution in [0.15, 0.2) is 78.9 Å². The Hall–Kier alpha value is -3.60. The molecular formula is C23H22N2O3. The lowest BCUT2D eigenvalue weighted by Gasteiger charge is -2.09. The summed E-state index contributed by atoms with van der Waals surface area (Å²) in [6.07, 6.45) is 0.410. The molecule has 0 unspecified atom stereocenters. The highest BCUT2D eigenvalue weighted by Crippen LogP contribution is 2.18. The summed E-state index contributed by atoms with van der Waals surface area (Å²) in [4.78, 5) is 23.8. The maximum atomic E-state index is 12.4. The number of benzene rings is 3. The van der Waals surface area contributed by atoms with Crippen LogP contribution >= 0.6 is 0 Å². The predicted molar refractivity (Wildman–Crippen MR) is 111 cm³/mol. The first-order chi connectivity index (χ1) is 13.6. The van der Waals surface area contributed by atoms with Crippen LogP contribution in [0.1, 0.15) is 29.3 Å². The Morgan fingerprint density at radius 1 is 0.786 bits per heavy atom. The van der Waals surface area contributed by atoms with Crippen LogP contribution in [0, 0.1) is 0 Å². The largest absolute Gasteiger partial charge is 0.489 e. The number of rotatable bonds is 7. The summed E-state index contributed by atoms with van der Waals surface area (Å²) < 4.78 is 5.74. The van der Waals surface area contributed by atoms with Crippen LogP contribution in [0.3, 0.4) is 0 Å². The monoisotopic (exact) mass is 374 g/mol. The van der Waals surface area contributed by atoms with Crippen molar-refractivity contribution < 1.29 is 14.3 Å². The Bertz CT molecular complexity index is 920. The number of hydrogen-bond donors (Lipinski definition) is 2. The van der Waals surface area contributed by atoms with Crippen LogP contribution in [0.2, 0.25) is 0 Å². The average Bonchev–Trinajstić information content (AvgIpc) is 2.74. The van der Waals surface area contributed by atoms with Crippen LogP contribution in [-0.4, -0.2) is 11.8 Å². The van der Waals surface area contributed by atoms with E-state index in [0.717, 1.165) is 11.3 Å². The first-order valence-corrected chi connectivity index (χ1v) is 9.12. The van der Waals surface area contributed by atoms with E-state index in [2.05, 4.69) is 10.6 Å². The van der Waals surface area contributed by atoms with Crippen molar-refractivity contribution in [1.82, 2.24) is 0 Å². The highest BCUT2D eigenvalue weighted by molar-refractivity contribution is 6.04. The van der Waals surface area contributed by atoms with Crippen molar-refractivity contribution in [3.05, 3.63) is 90.0 Å². The van der Waals surface area contributed by atoms with Crippen molar-refractivity contribution in [1.29, 1.82) is 0 Å². The third-order valence-electron chi connectivity index (χ3n) is 4.11. The molecule has 0 heterocycles. The van der Waals surface area contributed by atoms with E-state index in [0.29, 0.717) is 30.0 Å². The maximum Gasteiger partial charge on any atom is 0.255 e. The van der Waals surface area contributed by atoms with Crippen LogP contribution < -0.4 is 15.4 Å². The molecular weight excluding hydrogens is 352 g/mol. The molecule has 0 saturated carbocycles. The summed E-state index contributed by atoms with van der Waals surface area (Å²) in [6.45, 7) is 2.28. The molecule has 2 amide bonds. The van der Waals surface area contributed by atoms with Crippen molar-refractivity contribution >= 4 is 23.2 Å². The second kappa shape index (κ2) is 9.37. The normalized spacial score (nSPS) is 10.2. The molecule has 142 valence electrons. The SMILES string of the molecule is CCC(=O)Nc1ccc(C(=O)Nc2ccc(OCc3ccccc3)cc2)cc1. The van der Waals surface area contributed by atoms with Gasteiger partial charge in [-0.15, -0.1) is 0 Å². The molecule has 0 bridgehead atoms. The molecule has 2 N–H and O–H groups in total. The van der Waals surface area contributed by atoms with Crippen LogP contribution in [0.25, 0.3) is 0 Å². The number of carbonyl (C=O) groups is 2. The molecule has 0 radical (unpaired) electrons. The summed E-state index contributed by atoms with van der Waals surface area (Å²) in [5, 5.41) is 5.60. The first-order valence-electron chi connectivity index (χ1n) is 9.12. The van der Waals surface area contributed by atoms with Crippen molar-refractivity contribution in [2.45, 2.75) is 20.0 Å². The van der Waals surface area contributed by atoms with Gasteiger partial charge in [-0.2, -0.15) is 0 Å². The minimum atomic E-state index is -0.216. The van der Waals surface area contributed by atoms with E-state index in [-0.39, 0.29) is 11.8 Å². The maximum absolute atomic E-state index is 12.4. The van der Waals surface area contributed by atoms with Gasteiger partial charge in [-0.1, -0.05) is 37.3 Å². The predicted octanol–water partition coefficient (Wildman–Crippen LogP) is 4.87. The lowest BCUT2D eigenvalue weighted by Crippen LogP contribution is -2.13. The van der Waals surface area contributed by atoms with Crippen molar-refractivity contribution in [2.75, 3.05) is 10.6 Å². The fourth-order valence-electron chi connectivity index (χ4n) is 2.53. The van der Waals surface area contributed by atoms with E-state index in [1.807, 2.05) is 42.5 Å². The second-order valence-corrected chi connectivity index (χ2v) is 6.23. The first kappa shape index (κ1) is 19.2. The van der Waals surface area contributed by atoms with E-state index >= 15 is 0 Å². The van der Waals surface area contributed by atoms with Gasteiger partial charge in [0.1, 0.15) is 12.4 Å². The van der Waals surface area contributed by atoms with E-state index < -0.39 is 0 Å². The Morgan fingerprint density at radius 2 is 1.39 bits per heavy atom. The van der Waals surface area contributed by atoms with Gasteiger partial charge >= 0.3 is 0 Å². The number of ether oxygens (including phenoxy) is 1. The topological polar surface area (TPSA) is 67.4 Å². The summed E-state index contributed by atoms with van der Waals surface area (Å²) in [7, 11) is 0. The van der Waals surface area contributed by atoms with E-state index in [1.165, 1.54) is 0 Å². The lowest BCUT2D eigenvalue weighted by molar-refractivity contribution is -0.115. The smallest absolute Gasteiger partial charge is 0.255 e. The average molecular weight is 374 g/mol. The summed E-state index contributed by atoms with van der Waals surface area (Å²) >= 11 is 0. The molecule has 0 aliphatic heterocycles. The molecule has 3 aromatic rings. The number of amides is 2. The summed E-state index contributed by atoms with van der Waals surface area (Å²) in [5.41, 5.74) is 2.96. The minimum Gasteiger partial charge on any atom is -0.489 e. The fraction of sp³-hybridized carbons (Fsp3) is 0.130. The number of carbonyl (C=O) groups excluding carboxylic acids is 2. The quantitative estimate of drug-likeness (QED) is 0.620. The molecule has 0 saturated heterocycles. The summed E-state index contributed by atoms with van der Waals surface area (Å²) in [6, 6.07) is 24.0. The molecule has 3 aromatic carbocycles. The van der Waals surface area contributed by atoms with E-state index in [9.17, 15) is 9.59 Å². The fourth-order valence-corrected chi connectivity index (χ4v) is 2.53. The van der Waals surface area contributed by atoms with Gasteiger partial charge in [-0.25, -0.2) is 0 Å². The molecule has 5 heteroatoms. The highest BCUT2D eigenvalue weighted by Gasteiger charge is 2.07. The number of nitrogens with one attached hydrogen (secondary N) is 2. The Morgan fingerprint density at radius 3 is 2.04 bits per heavy atom. The van der Waals surface area contributed by atoms with Crippen molar-refractivity contribution in [3.8, 4) is 5.75 Å².